The number of aliphatic hydroxyl groups excluding tert-OH is 2. The summed E-state index contributed by atoms with van der Waals surface area (Å²) in [5, 5.41) is 32.9. The van der Waals surface area contributed by atoms with Crippen LogP contribution >= 0.6 is 0 Å². The Morgan fingerprint density at radius 1 is 0.886 bits per heavy atom. The van der Waals surface area contributed by atoms with Crippen LogP contribution in [0.2, 0.25) is 0 Å². The number of aliphatic carboxylic acids is 1. The first-order chi connectivity index (χ1) is 20.7. The van der Waals surface area contributed by atoms with Crippen LogP contribution in [0.25, 0.3) is 22.3 Å². The van der Waals surface area contributed by atoms with Gasteiger partial charge in [0.15, 0.2) is 0 Å². The summed E-state index contributed by atoms with van der Waals surface area (Å²) in [7, 11) is 0. The standard InChI is InChI=1S/C34H38FN3O5.Na/c1-22(2)38-29(16-15-27(39)20-28(40)21-30(41)42)31(24-11-13-25(35)14-12-24)32(23-8-4-3-5-9-23)33(38)34(43)37-19-17-26-10-6-7-18-36-26;/h3-14,18,22,27-28,39-40H,15-17,19-21H2,1-2H3,(H,37,43)(H,41,42);/t27-,28-;/m1./s1. The molecule has 2 heterocycles. The number of nitrogens with one attached hydrogen (secondary N) is 1. The van der Waals surface area contributed by atoms with Gasteiger partial charge in [-0.25, -0.2) is 4.39 Å². The van der Waals surface area contributed by atoms with Crippen LogP contribution in [0.1, 0.15) is 61.0 Å². The van der Waals surface area contributed by atoms with Crippen LogP contribution in [-0.2, 0) is 17.6 Å². The van der Waals surface area contributed by atoms with Gasteiger partial charge in [-0.05, 0) is 68.5 Å². The van der Waals surface area contributed by atoms with E-state index in [1.165, 1.54) is 12.1 Å². The Kier molecular flexibility index (Phi) is 13.3. The molecule has 4 rings (SSSR count). The first-order valence-corrected chi connectivity index (χ1v) is 14.5. The van der Waals surface area contributed by atoms with E-state index < -0.39 is 24.6 Å². The zero-order valence-electron chi connectivity index (χ0n) is 25.4. The largest absolute Gasteiger partial charge is 0.481 e. The number of rotatable bonds is 14. The van der Waals surface area contributed by atoms with Crippen molar-refractivity contribution in [1.29, 1.82) is 0 Å². The van der Waals surface area contributed by atoms with Crippen molar-refractivity contribution in [2.24, 2.45) is 0 Å². The van der Waals surface area contributed by atoms with Crippen LogP contribution in [0.3, 0.4) is 0 Å². The molecule has 8 nitrogen and oxygen atoms in total. The van der Waals surface area contributed by atoms with Crippen LogP contribution in [0.15, 0.2) is 79.0 Å². The van der Waals surface area contributed by atoms with Gasteiger partial charge in [-0.1, -0.05) is 48.5 Å². The Labute approximate surface area is 279 Å². The Balaban J connectivity index is 0.00000529. The zero-order valence-corrected chi connectivity index (χ0v) is 27.4. The molecule has 0 aliphatic rings. The van der Waals surface area contributed by atoms with Gasteiger partial charge in [0.25, 0.3) is 5.91 Å². The van der Waals surface area contributed by atoms with E-state index >= 15 is 0 Å². The summed E-state index contributed by atoms with van der Waals surface area (Å²) in [4.78, 5) is 29.4. The minimum Gasteiger partial charge on any atom is -0.481 e. The second kappa shape index (κ2) is 16.7. The fourth-order valence-electron chi connectivity index (χ4n) is 5.44. The Morgan fingerprint density at radius 2 is 1.55 bits per heavy atom. The maximum atomic E-state index is 14.0. The molecule has 44 heavy (non-hydrogen) atoms. The molecule has 0 aliphatic carbocycles. The van der Waals surface area contributed by atoms with Crippen molar-refractivity contribution in [3.63, 3.8) is 0 Å². The number of halogens is 1. The summed E-state index contributed by atoms with van der Waals surface area (Å²) < 4.78 is 16.0. The third kappa shape index (κ3) is 9.09. The van der Waals surface area contributed by atoms with Gasteiger partial charge in [-0.15, -0.1) is 0 Å². The van der Waals surface area contributed by atoms with Crippen molar-refractivity contribution >= 4 is 41.4 Å². The smallest absolute Gasteiger partial charge is 0.305 e. The van der Waals surface area contributed by atoms with Gasteiger partial charge in [-0.3, -0.25) is 14.6 Å². The SMILES string of the molecule is CC(C)n1c(CC[C@@H](O)C[C@@H](O)CC(=O)O)c(-c2ccc(F)cc2)c(-c2ccccc2)c1C(=O)NCCc1ccccn1.[Na]. The number of pyridine rings is 1. The number of amides is 1. The van der Waals surface area contributed by atoms with E-state index in [4.69, 9.17) is 5.11 Å². The number of carbonyl (C=O) groups excluding carboxylic acids is 1. The molecule has 0 unspecified atom stereocenters. The molecule has 2 aromatic heterocycles. The van der Waals surface area contributed by atoms with E-state index in [1.54, 1.807) is 18.3 Å². The third-order valence-corrected chi connectivity index (χ3v) is 7.30. The number of nitrogens with zero attached hydrogens (tertiary/aromatic N) is 2. The van der Waals surface area contributed by atoms with Crippen molar-refractivity contribution in [2.45, 2.75) is 64.2 Å². The molecule has 2 atom stereocenters. The number of hydrogen-bond donors (Lipinski definition) is 4. The number of carboxylic acid groups (broad SMARTS) is 1. The van der Waals surface area contributed by atoms with Crippen molar-refractivity contribution in [2.75, 3.05) is 6.54 Å². The van der Waals surface area contributed by atoms with E-state index in [9.17, 15) is 24.2 Å². The minimum absolute atomic E-state index is 0. The Morgan fingerprint density at radius 3 is 2.16 bits per heavy atom. The van der Waals surface area contributed by atoms with Gasteiger partial charge in [0.1, 0.15) is 11.5 Å². The molecule has 0 fully saturated rings. The summed E-state index contributed by atoms with van der Waals surface area (Å²) in [6, 6.07) is 21.2. The average Bonchev–Trinajstić information content (AvgIpc) is 3.32. The number of carboxylic acids is 1. The van der Waals surface area contributed by atoms with Gasteiger partial charge >= 0.3 is 5.97 Å². The van der Waals surface area contributed by atoms with E-state index in [2.05, 4.69) is 10.3 Å². The monoisotopic (exact) mass is 610 g/mol. The molecular weight excluding hydrogens is 572 g/mol. The molecule has 4 N–H and O–H groups in total. The molecule has 0 saturated heterocycles. The number of aromatic nitrogens is 2. The fraction of sp³-hybridized carbons (Fsp3) is 0.324. The summed E-state index contributed by atoms with van der Waals surface area (Å²) in [5.74, 6) is -1.79. The summed E-state index contributed by atoms with van der Waals surface area (Å²) in [6.45, 7) is 4.32. The average molecular weight is 611 g/mol. The van der Waals surface area contributed by atoms with Crippen LogP contribution in [0, 0.1) is 5.82 Å². The van der Waals surface area contributed by atoms with Crippen molar-refractivity contribution < 1.29 is 29.3 Å². The predicted molar refractivity (Wildman–Crippen MR) is 169 cm³/mol. The topological polar surface area (TPSA) is 125 Å². The van der Waals surface area contributed by atoms with Crippen LogP contribution in [-0.4, -0.2) is 85.1 Å². The number of aliphatic hydroxyl groups is 2. The van der Waals surface area contributed by atoms with E-state index in [0.29, 0.717) is 30.6 Å². The van der Waals surface area contributed by atoms with Gasteiger partial charge in [0, 0.05) is 77.3 Å². The van der Waals surface area contributed by atoms with E-state index in [1.807, 2.05) is 66.9 Å². The second-order valence-corrected chi connectivity index (χ2v) is 10.9. The molecule has 0 saturated carbocycles. The minimum atomic E-state index is -1.18. The molecule has 10 heteroatoms. The molecule has 227 valence electrons. The summed E-state index contributed by atoms with van der Waals surface area (Å²) in [5.41, 5.74) is 5.09. The molecule has 2 aromatic carbocycles. The van der Waals surface area contributed by atoms with Gasteiger partial charge < -0.3 is 25.2 Å². The van der Waals surface area contributed by atoms with Crippen molar-refractivity contribution in [3.8, 4) is 22.3 Å². The second-order valence-electron chi connectivity index (χ2n) is 10.9. The van der Waals surface area contributed by atoms with Crippen LogP contribution < -0.4 is 5.32 Å². The fourth-order valence-corrected chi connectivity index (χ4v) is 5.44. The number of hydrogen-bond acceptors (Lipinski definition) is 5. The van der Waals surface area contributed by atoms with E-state index in [-0.39, 0.29) is 60.2 Å². The van der Waals surface area contributed by atoms with Crippen molar-refractivity contribution in [1.82, 2.24) is 14.9 Å². The predicted octanol–water partition coefficient (Wildman–Crippen LogP) is 5.05. The molecule has 4 aromatic rings. The zero-order chi connectivity index (χ0) is 30.9. The quantitative estimate of drug-likeness (QED) is 0.148. The molecular formula is C34H38FN3NaO5. The maximum Gasteiger partial charge on any atom is 0.305 e. The van der Waals surface area contributed by atoms with E-state index in [0.717, 1.165) is 28.1 Å². The van der Waals surface area contributed by atoms with Crippen molar-refractivity contribution in [3.05, 3.63) is 102 Å². The normalized spacial score (nSPS) is 12.4. The first-order valence-electron chi connectivity index (χ1n) is 14.5. The summed E-state index contributed by atoms with van der Waals surface area (Å²) >= 11 is 0. The molecule has 0 spiro atoms. The molecule has 0 bridgehead atoms. The number of carbonyl (C=O) groups is 2. The third-order valence-electron chi connectivity index (χ3n) is 7.30. The Hall–Kier alpha value is -3.34. The van der Waals surface area contributed by atoms with Gasteiger partial charge in [0.2, 0.25) is 0 Å². The molecule has 0 aliphatic heterocycles. The van der Waals surface area contributed by atoms with Crippen LogP contribution in [0.4, 0.5) is 4.39 Å². The molecule has 1 amide bonds. The Bertz CT molecular complexity index is 1510. The van der Waals surface area contributed by atoms with Gasteiger partial charge in [0.05, 0.1) is 18.6 Å². The molecule has 1 radical (unpaired) electrons. The first kappa shape index (κ1) is 35.1. The summed E-state index contributed by atoms with van der Waals surface area (Å²) in [6.07, 6.45) is 0.115. The number of benzene rings is 2. The van der Waals surface area contributed by atoms with Gasteiger partial charge in [-0.2, -0.15) is 0 Å². The van der Waals surface area contributed by atoms with Crippen LogP contribution in [0.5, 0.6) is 0 Å². The maximum absolute atomic E-state index is 14.0.